The second-order valence-electron chi connectivity index (χ2n) is 10.3. The fourth-order valence-corrected chi connectivity index (χ4v) is 8.33. The fraction of sp³-hybridized carbons (Fsp3) is 0.962. The number of hydrogen-bond acceptors (Lipinski definition) is 2. The molecule has 0 heterocycles. The molecule has 0 spiro atoms. The molecule has 4 aliphatic rings. The van der Waals surface area contributed by atoms with Crippen LogP contribution in [-0.2, 0) is 4.79 Å². The first-order chi connectivity index (χ1) is 13.6. The van der Waals surface area contributed by atoms with E-state index in [4.69, 9.17) is 5.11 Å². The van der Waals surface area contributed by atoms with Crippen molar-refractivity contribution < 1.29 is 11.3 Å². The van der Waals surface area contributed by atoms with Gasteiger partial charge >= 0.3 is 0 Å². The lowest BCUT2D eigenvalue weighted by Crippen LogP contribution is -2.52. The van der Waals surface area contributed by atoms with Gasteiger partial charge in [-0.15, -0.1) is 0 Å². The zero-order valence-electron chi connectivity index (χ0n) is 19.5. The highest BCUT2D eigenvalue weighted by Crippen LogP contribution is 2.67. The summed E-state index contributed by atoms with van der Waals surface area (Å²) in [5.41, 5.74) is 1.28. The van der Waals surface area contributed by atoms with E-state index in [2.05, 4.69) is 13.8 Å². The monoisotopic (exact) mass is 394 g/mol. The molecule has 0 amide bonds. The Morgan fingerprint density at radius 3 is 2.32 bits per heavy atom. The van der Waals surface area contributed by atoms with Gasteiger partial charge in [0.05, 0.1) is 0 Å². The van der Waals surface area contributed by atoms with Gasteiger partial charge in [-0.05, 0) is 105 Å². The number of unbranched alkanes of at least 4 members (excludes halogenated alkanes) is 1. The predicted molar refractivity (Wildman–Crippen MR) is 121 cm³/mol. The van der Waals surface area contributed by atoms with Gasteiger partial charge in [0.15, 0.2) is 0 Å². The summed E-state index contributed by atoms with van der Waals surface area (Å²) in [5, 5.41) is 7.00. The molecule has 0 radical (unpaired) electrons. The number of aliphatic hydroxyl groups excluding tert-OH is 1. The van der Waals surface area contributed by atoms with E-state index in [0.717, 1.165) is 55.8 Å². The summed E-state index contributed by atoms with van der Waals surface area (Å²) in [6, 6.07) is 0. The second-order valence-corrected chi connectivity index (χ2v) is 10.3. The Bertz CT molecular complexity index is 481. The van der Waals surface area contributed by atoms with Crippen molar-refractivity contribution in [3.8, 4) is 0 Å². The molecule has 7 unspecified atom stereocenters. The van der Waals surface area contributed by atoms with E-state index in [-0.39, 0.29) is 1.43 Å². The molecule has 4 aliphatic carbocycles. The van der Waals surface area contributed by atoms with Gasteiger partial charge in [-0.25, -0.2) is 0 Å². The van der Waals surface area contributed by atoms with E-state index in [1.807, 2.05) is 13.8 Å². The lowest BCUT2D eigenvalue weighted by molar-refractivity contribution is -0.112. The third-order valence-electron chi connectivity index (χ3n) is 9.65. The van der Waals surface area contributed by atoms with Crippen LogP contribution in [0.5, 0.6) is 0 Å². The predicted octanol–water partition coefficient (Wildman–Crippen LogP) is 7.29. The molecule has 2 nitrogen and oxygen atoms in total. The average molecular weight is 395 g/mol. The SMILES string of the molecule is CC.CC12CCCCC1CCC1C2CCC2(C)C(CCCC=O)CCC12.CO.[HH]. The van der Waals surface area contributed by atoms with E-state index in [0.29, 0.717) is 10.8 Å². The van der Waals surface area contributed by atoms with Gasteiger partial charge in [-0.3, -0.25) is 0 Å². The Labute approximate surface area is 176 Å². The van der Waals surface area contributed by atoms with Crippen LogP contribution in [-0.4, -0.2) is 18.5 Å². The van der Waals surface area contributed by atoms with Crippen molar-refractivity contribution in [3.05, 3.63) is 0 Å². The van der Waals surface area contributed by atoms with Gasteiger partial charge in [0.1, 0.15) is 6.29 Å². The highest BCUT2D eigenvalue weighted by molar-refractivity contribution is 5.48. The molecular weight excluding hydrogens is 344 g/mol. The van der Waals surface area contributed by atoms with Crippen LogP contribution in [0.4, 0.5) is 0 Å². The summed E-state index contributed by atoms with van der Waals surface area (Å²) in [6.45, 7) is 9.33. The van der Waals surface area contributed by atoms with Crippen LogP contribution in [0, 0.1) is 40.4 Å². The highest BCUT2D eigenvalue weighted by atomic mass is 16.2. The summed E-state index contributed by atoms with van der Waals surface area (Å²) in [7, 11) is 1.00. The minimum atomic E-state index is 0. The van der Waals surface area contributed by atoms with Crippen molar-refractivity contribution in [1.29, 1.82) is 0 Å². The number of aliphatic hydroxyl groups is 1. The molecule has 166 valence electrons. The number of fused-ring (bicyclic) bond motifs is 5. The molecule has 4 fully saturated rings. The van der Waals surface area contributed by atoms with Crippen LogP contribution in [0.25, 0.3) is 0 Å². The van der Waals surface area contributed by atoms with Crippen LogP contribution in [0.2, 0.25) is 0 Å². The van der Waals surface area contributed by atoms with Gasteiger partial charge in [-0.1, -0.05) is 40.5 Å². The van der Waals surface area contributed by atoms with Crippen molar-refractivity contribution in [2.45, 2.75) is 111 Å². The summed E-state index contributed by atoms with van der Waals surface area (Å²) >= 11 is 0. The third-order valence-corrected chi connectivity index (χ3v) is 9.65. The van der Waals surface area contributed by atoms with Crippen molar-refractivity contribution in [1.82, 2.24) is 0 Å². The topological polar surface area (TPSA) is 37.3 Å². The van der Waals surface area contributed by atoms with E-state index in [1.165, 1.54) is 70.6 Å². The van der Waals surface area contributed by atoms with Crippen molar-refractivity contribution in [3.63, 3.8) is 0 Å². The number of carbonyl (C=O) groups is 1. The highest BCUT2D eigenvalue weighted by Gasteiger charge is 2.59. The summed E-state index contributed by atoms with van der Waals surface area (Å²) in [6.07, 6.45) is 19.4. The minimum absolute atomic E-state index is 0. The van der Waals surface area contributed by atoms with Crippen molar-refractivity contribution >= 4 is 6.29 Å². The summed E-state index contributed by atoms with van der Waals surface area (Å²) in [5.74, 6) is 5.00. The zero-order valence-corrected chi connectivity index (χ0v) is 19.5. The normalized spacial score (nSPS) is 43.9. The Morgan fingerprint density at radius 1 is 0.893 bits per heavy atom. The average Bonchev–Trinajstić information content (AvgIpc) is 3.07. The molecule has 7 atom stereocenters. The molecule has 0 saturated heterocycles. The Hall–Kier alpha value is -0.370. The maximum Gasteiger partial charge on any atom is 0.119 e. The maximum absolute atomic E-state index is 10.7. The van der Waals surface area contributed by atoms with Gasteiger partial charge < -0.3 is 9.90 Å². The smallest absolute Gasteiger partial charge is 0.119 e. The first-order valence-corrected chi connectivity index (χ1v) is 12.5. The first-order valence-electron chi connectivity index (χ1n) is 12.5. The van der Waals surface area contributed by atoms with E-state index in [9.17, 15) is 4.79 Å². The van der Waals surface area contributed by atoms with Gasteiger partial charge in [-0.2, -0.15) is 0 Å². The lowest BCUT2D eigenvalue weighted by Gasteiger charge is -2.60. The quantitative estimate of drug-likeness (QED) is 0.401. The zero-order chi connectivity index (χ0) is 20.8. The Kier molecular flexibility index (Phi) is 9.05. The van der Waals surface area contributed by atoms with Gasteiger partial charge in [0, 0.05) is 15.0 Å². The fourth-order valence-electron chi connectivity index (χ4n) is 8.33. The molecular formula is C26H50O2. The van der Waals surface area contributed by atoms with Crippen LogP contribution < -0.4 is 0 Å². The molecule has 0 aromatic rings. The molecule has 2 heteroatoms. The molecule has 4 rings (SSSR count). The molecule has 1 N–H and O–H groups in total. The molecule has 0 aromatic carbocycles. The number of hydrogen-bond donors (Lipinski definition) is 1. The van der Waals surface area contributed by atoms with Crippen molar-refractivity contribution in [2.24, 2.45) is 40.4 Å². The number of rotatable bonds is 4. The van der Waals surface area contributed by atoms with Crippen LogP contribution in [0.3, 0.4) is 0 Å². The van der Waals surface area contributed by atoms with Gasteiger partial charge in [0.2, 0.25) is 0 Å². The minimum Gasteiger partial charge on any atom is -0.400 e. The molecule has 0 aliphatic heterocycles. The van der Waals surface area contributed by atoms with E-state index < -0.39 is 0 Å². The number of aldehydes is 1. The summed E-state index contributed by atoms with van der Waals surface area (Å²) < 4.78 is 0. The lowest BCUT2D eigenvalue weighted by atomic mass is 9.45. The molecule has 0 aromatic heterocycles. The maximum atomic E-state index is 10.7. The second kappa shape index (κ2) is 10.6. The van der Waals surface area contributed by atoms with Crippen LogP contribution in [0.15, 0.2) is 0 Å². The first kappa shape index (κ1) is 23.9. The standard InChI is InChI=1S/C23H38O.C2H6.CH4O.H2/c1-22-14-5-3-7-17(22)9-11-19-20-12-10-18(8-4-6-16-24)23(20,2)15-13-21(19)22;2*1-2;/h16-21H,3-15H2,1-2H3;1-2H3;2H,1H3;1H. The van der Waals surface area contributed by atoms with Crippen LogP contribution in [0.1, 0.15) is 113 Å². The molecule has 28 heavy (non-hydrogen) atoms. The molecule has 4 saturated carbocycles. The molecule has 0 bridgehead atoms. The van der Waals surface area contributed by atoms with Crippen molar-refractivity contribution in [2.75, 3.05) is 7.11 Å². The largest absolute Gasteiger partial charge is 0.400 e. The number of carbonyl (C=O) groups excluding carboxylic acids is 1. The van der Waals surface area contributed by atoms with E-state index >= 15 is 0 Å². The third kappa shape index (κ3) is 4.23. The van der Waals surface area contributed by atoms with E-state index in [1.54, 1.807) is 0 Å². The Balaban J connectivity index is 0.000000794. The van der Waals surface area contributed by atoms with Crippen LogP contribution >= 0.6 is 0 Å². The van der Waals surface area contributed by atoms with Gasteiger partial charge in [0.25, 0.3) is 0 Å². The summed E-state index contributed by atoms with van der Waals surface area (Å²) in [4.78, 5) is 10.7. The Morgan fingerprint density at radius 2 is 1.61 bits per heavy atom.